The SMILES string of the molecule is CCOc1cc2c(cc1OCC)C(c1cc(OC)c(OC)cc1Br)[NH2+]CC2. The van der Waals surface area contributed by atoms with Gasteiger partial charge in [-0.15, -0.1) is 0 Å². The van der Waals surface area contributed by atoms with Crippen LogP contribution in [0.5, 0.6) is 23.0 Å². The molecule has 0 saturated heterocycles. The predicted molar refractivity (Wildman–Crippen MR) is 108 cm³/mol. The molecule has 0 aromatic heterocycles. The third-order valence-electron chi connectivity index (χ3n) is 4.79. The molecule has 1 unspecified atom stereocenters. The molecular formula is C21H27BrNO4+. The molecule has 2 aromatic rings. The Hall–Kier alpha value is -1.92. The van der Waals surface area contributed by atoms with Crippen LogP contribution in [0.2, 0.25) is 0 Å². The van der Waals surface area contributed by atoms with Gasteiger partial charge in [0.2, 0.25) is 0 Å². The van der Waals surface area contributed by atoms with Crippen LogP contribution in [0.3, 0.4) is 0 Å². The first-order chi connectivity index (χ1) is 13.1. The van der Waals surface area contributed by atoms with Gasteiger partial charge in [-0.2, -0.15) is 0 Å². The predicted octanol–water partition coefficient (Wildman–Crippen LogP) is 3.47. The first-order valence-corrected chi connectivity index (χ1v) is 10.1. The van der Waals surface area contributed by atoms with Gasteiger partial charge in [-0.05, 0) is 43.7 Å². The van der Waals surface area contributed by atoms with E-state index in [9.17, 15) is 0 Å². The summed E-state index contributed by atoms with van der Waals surface area (Å²) in [6.45, 7) is 6.22. The molecule has 1 aliphatic rings. The molecule has 6 heteroatoms. The first-order valence-electron chi connectivity index (χ1n) is 9.30. The summed E-state index contributed by atoms with van der Waals surface area (Å²) >= 11 is 3.72. The van der Waals surface area contributed by atoms with Gasteiger partial charge in [-0.1, -0.05) is 15.9 Å². The van der Waals surface area contributed by atoms with E-state index < -0.39 is 0 Å². The van der Waals surface area contributed by atoms with Crippen LogP contribution in [-0.4, -0.2) is 34.0 Å². The van der Waals surface area contributed by atoms with Gasteiger partial charge in [0.15, 0.2) is 23.0 Å². The normalized spacial score (nSPS) is 15.8. The Kier molecular flexibility index (Phi) is 6.50. The number of methoxy groups -OCH3 is 2. The maximum atomic E-state index is 5.86. The summed E-state index contributed by atoms with van der Waals surface area (Å²) in [5.41, 5.74) is 3.71. The highest BCUT2D eigenvalue weighted by Gasteiger charge is 2.30. The highest BCUT2D eigenvalue weighted by molar-refractivity contribution is 9.10. The molecule has 2 aromatic carbocycles. The second-order valence-electron chi connectivity index (χ2n) is 6.34. The van der Waals surface area contributed by atoms with Gasteiger partial charge in [-0.25, -0.2) is 0 Å². The second kappa shape index (κ2) is 8.85. The lowest BCUT2D eigenvalue weighted by atomic mass is 9.89. The number of hydrogen-bond donors (Lipinski definition) is 1. The molecule has 0 fully saturated rings. The summed E-state index contributed by atoms with van der Waals surface area (Å²) < 4.78 is 23.6. The molecule has 0 amide bonds. The molecule has 1 atom stereocenters. The number of hydrogen-bond acceptors (Lipinski definition) is 4. The fourth-order valence-electron chi connectivity index (χ4n) is 3.60. The monoisotopic (exact) mass is 436 g/mol. The van der Waals surface area contributed by atoms with E-state index >= 15 is 0 Å². The minimum Gasteiger partial charge on any atom is -0.493 e. The number of nitrogens with two attached hydrogens (primary N) is 1. The van der Waals surface area contributed by atoms with E-state index in [1.54, 1.807) is 14.2 Å². The molecule has 1 heterocycles. The Morgan fingerprint density at radius 1 is 0.889 bits per heavy atom. The van der Waals surface area contributed by atoms with Gasteiger partial charge in [0.05, 0.1) is 34.0 Å². The van der Waals surface area contributed by atoms with Crippen LogP contribution in [0.4, 0.5) is 0 Å². The van der Waals surface area contributed by atoms with Crippen molar-refractivity contribution >= 4 is 15.9 Å². The smallest absolute Gasteiger partial charge is 0.161 e. The number of quaternary nitrogens is 1. The molecule has 5 nitrogen and oxygen atoms in total. The Bertz CT molecular complexity index is 809. The minimum atomic E-state index is 0.151. The van der Waals surface area contributed by atoms with Crippen molar-refractivity contribution in [3.63, 3.8) is 0 Å². The molecule has 0 bridgehead atoms. The number of ether oxygens (including phenoxy) is 4. The Labute approximate surface area is 169 Å². The standard InChI is InChI=1S/C21H26BrNO4/c1-5-26-19-9-13-7-8-23-21(14(13)10-20(19)27-6-2)15-11-17(24-3)18(25-4)12-16(15)22/h9-12,21,23H,5-8H2,1-4H3/p+1. The lowest BCUT2D eigenvalue weighted by molar-refractivity contribution is -0.690. The van der Waals surface area contributed by atoms with Crippen molar-refractivity contribution in [2.24, 2.45) is 0 Å². The summed E-state index contributed by atoms with van der Waals surface area (Å²) in [5, 5.41) is 2.35. The zero-order valence-electron chi connectivity index (χ0n) is 16.3. The van der Waals surface area contributed by atoms with Crippen molar-refractivity contribution < 1.29 is 24.3 Å². The summed E-state index contributed by atoms with van der Waals surface area (Å²) in [5.74, 6) is 3.07. The Balaban J connectivity index is 2.09. The van der Waals surface area contributed by atoms with Crippen LogP contribution in [0.1, 0.15) is 36.6 Å². The third kappa shape index (κ3) is 4.01. The van der Waals surface area contributed by atoms with Crippen LogP contribution in [0.25, 0.3) is 0 Å². The number of rotatable bonds is 7. The first kappa shape index (κ1) is 19.8. The Morgan fingerprint density at radius 2 is 1.48 bits per heavy atom. The van der Waals surface area contributed by atoms with Crippen LogP contribution in [0.15, 0.2) is 28.7 Å². The van der Waals surface area contributed by atoms with Gasteiger partial charge in [0.1, 0.15) is 6.04 Å². The lowest BCUT2D eigenvalue weighted by Crippen LogP contribution is -2.87. The fraction of sp³-hybridized carbons (Fsp3) is 0.429. The lowest BCUT2D eigenvalue weighted by Gasteiger charge is -2.27. The summed E-state index contributed by atoms with van der Waals surface area (Å²) in [6.07, 6.45) is 1.00. The van der Waals surface area contributed by atoms with E-state index in [2.05, 4.69) is 39.4 Å². The molecule has 2 N–H and O–H groups in total. The molecular weight excluding hydrogens is 410 g/mol. The Morgan fingerprint density at radius 3 is 2.11 bits per heavy atom. The van der Waals surface area contributed by atoms with E-state index in [1.165, 1.54) is 11.1 Å². The zero-order valence-corrected chi connectivity index (χ0v) is 17.9. The van der Waals surface area contributed by atoms with Crippen LogP contribution in [0, 0.1) is 0 Å². The van der Waals surface area contributed by atoms with Crippen molar-refractivity contribution in [2.75, 3.05) is 34.0 Å². The summed E-state index contributed by atoms with van der Waals surface area (Å²) in [4.78, 5) is 0. The van der Waals surface area contributed by atoms with Crippen molar-refractivity contribution in [1.82, 2.24) is 0 Å². The maximum absolute atomic E-state index is 5.86. The largest absolute Gasteiger partial charge is 0.493 e. The van der Waals surface area contributed by atoms with Crippen molar-refractivity contribution in [1.29, 1.82) is 0 Å². The van der Waals surface area contributed by atoms with E-state index in [-0.39, 0.29) is 6.04 Å². The highest BCUT2D eigenvalue weighted by atomic mass is 79.9. The summed E-state index contributed by atoms with van der Waals surface area (Å²) in [7, 11) is 3.31. The highest BCUT2D eigenvalue weighted by Crippen LogP contribution is 2.40. The van der Waals surface area contributed by atoms with Gasteiger partial charge in [0, 0.05) is 22.0 Å². The van der Waals surface area contributed by atoms with Crippen molar-refractivity contribution in [3.8, 4) is 23.0 Å². The van der Waals surface area contributed by atoms with Gasteiger partial charge in [0.25, 0.3) is 0 Å². The van der Waals surface area contributed by atoms with Crippen molar-refractivity contribution in [3.05, 3.63) is 45.4 Å². The van der Waals surface area contributed by atoms with E-state index in [0.29, 0.717) is 19.0 Å². The fourth-order valence-corrected chi connectivity index (χ4v) is 4.16. The summed E-state index contributed by atoms with van der Waals surface area (Å²) in [6, 6.07) is 8.44. The average Bonchev–Trinajstić information content (AvgIpc) is 2.68. The number of halogens is 1. The molecule has 146 valence electrons. The molecule has 0 aliphatic carbocycles. The number of fused-ring (bicyclic) bond motifs is 1. The molecule has 1 aliphatic heterocycles. The van der Waals surface area contributed by atoms with E-state index in [4.69, 9.17) is 18.9 Å². The van der Waals surface area contributed by atoms with Gasteiger partial charge < -0.3 is 24.3 Å². The van der Waals surface area contributed by atoms with E-state index in [1.807, 2.05) is 19.9 Å². The zero-order chi connectivity index (χ0) is 19.4. The van der Waals surface area contributed by atoms with Gasteiger partial charge >= 0.3 is 0 Å². The quantitative estimate of drug-likeness (QED) is 0.721. The number of benzene rings is 2. The average molecular weight is 437 g/mol. The molecule has 0 radical (unpaired) electrons. The van der Waals surface area contributed by atoms with Crippen LogP contribution in [-0.2, 0) is 6.42 Å². The second-order valence-corrected chi connectivity index (χ2v) is 7.20. The van der Waals surface area contributed by atoms with E-state index in [0.717, 1.165) is 40.3 Å². The molecule has 27 heavy (non-hydrogen) atoms. The molecule has 0 spiro atoms. The maximum Gasteiger partial charge on any atom is 0.161 e. The molecule has 3 rings (SSSR count). The molecule has 0 saturated carbocycles. The minimum absolute atomic E-state index is 0.151. The topological polar surface area (TPSA) is 53.5 Å². The van der Waals surface area contributed by atoms with Crippen molar-refractivity contribution in [2.45, 2.75) is 26.3 Å². The van der Waals surface area contributed by atoms with Gasteiger partial charge in [-0.3, -0.25) is 0 Å². The van der Waals surface area contributed by atoms with Crippen LogP contribution < -0.4 is 24.3 Å². The van der Waals surface area contributed by atoms with Crippen LogP contribution >= 0.6 is 15.9 Å². The third-order valence-corrected chi connectivity index (χ3v) is 5.48.